The minimum atomic E-state index is -3.67. The number of hydrogen-bond acceptors (Lipinski definition) is 6. The van der Waals surface area contributed by atoms with Crippen molar-refractivity contribution in [3.05, 3.63) is 29.8 Å². The monoisotopic (exact) mass is 385 g/mol. The van der Waals surface area contributed by atoms with Crippen molar-refractivity contribution in [1.29, 1.82) is 0 Å². The summed E-state index contributed by atoms with van der Waals surface area (Å²) in [7, 11) is -3.67. The van der Waals surface area contributed by atoms with Crippen LogP contribution in [-0.4, -0.2) is 56.6 Å². The zero-order valence-electron chi connectivity index (χ0n) is 14.9. The normalized spacial score (nSPS) is 21.0. The van der Waals surface area contributed by atoms with Crippen LogP contribution in [0.5, 0.6) is 0 Å². The van der Waals surface area contributed by atoms with Crippen molar-refractivity contribution < 1.29 is 27.5 Å². The molecule has 1 heterocycles. The standard InChI is InChI=1S/C16H23N3O6S/c1-4-24-16(21)18-17-15(20)13-5-7-14(8-6-13)26(22,23)19-9-11(2)25-12(3)10-19/h5-8,11-12H,4,9-10H2,1-3H3,(H,17,20)(H,18,21)/t11-,12+. The van der Waals surface area contributed by atoms with Gasteiger partial charge in [0.2, 0.25) is 10.0 Å². The van der Waals surface area contributed by atoms with Gasteiger partial charge in [-0.15, -0.1) is 0 Å². The van der Waals surface area contributed by atoms with E-state index in [4.69, 9.17) is 4.74 Å². The molecule has 1 aliphatic rings. The quantitative estimate of drug-likeness (QED) is 0.744. The van der Waals surface area contributed by atoms with E-state index >= 15 is 0 Å². The maximum atomic E-state index is 12.7. The Kier molecular flexibility index (Phi) is 6.57. The minimum absolute atomic E-state index is 0.0914. The van der Waals surface area contributed by atoms with Gasteiger partial charge >= 0.3 is 6.09 Å². The van der Waals surface area contributed by atoms with Crippen LogP contribution < -0.4 is 10.9 Å². The predicted molar refractivity (Wildman–Crippen MR) is 92.8 cm³/mol. The third kappa shape index (κ3) is 4.93. The number of carbonyl (C=O) groups excluding carboxylic acids is 2. The number of rotatable bonds is 4. The number of ether oxygens (including phenoxy) is 2. The summed E-state index contributed by atoms with van der Waals surface area (Å²) in [5.41, 5.74) is 4.46. The third-order valence-corrected chi connectivity index (χ3v) is 5.54. The van der Waals surface area contributed by atoms with E-state index in [-0.39, 0.29) is 42.4 Å². The SMILES string of the molecule is CCOC(=O)NNC(=O)c1ccc(S(=O)(=O)N2C[C@@H](C)O[C@@H](C)C2)cc1. The first kappa shape index (κ1) is 20.1. The molecule has 0 saturated carbocycles. The zero-order chi connectivity index (χ0) is 19.3. The Hall–Kier alpha value is -2.17. The highest BCUT2D eigenvalue weighted by Crippen LogP contribution is 2.21. The molecule has 0 unspecified atom stereocenters. The van der Waals surface area contributed by atoms with Crippen molar-refractivity contribution in [2.45, 2.75) is 37.9 Å². The van der Waals surface area contributed by atoms with Crippen molar-refractivity contribution in [3.63, 3.8) is 0 Å². The topological polar surface area (TPSA) is 114 Å². The van der Waals surface area contributed by atoms with Crippen LogP contribution in [0.3, 0.4) is 0 Å². The Morgan fingerprint density at radius 1 is 1.15 bits per heavy atom. The number of sulfonamides is 1. The summed E-state index contributed by atoms with van der Waals surface area (Å²) in [6.07, 6.45) is -1.16. The Morgan fingerprint density at radius 3 is 2.27 bits per heavy atom. The van der Waals surface area contributed by atoms with E-state index in [1.54, 1.807) is 6.92 Å². The Balaban J connectivity index is 2.06. The lowest BCUT2D eigenvalue weighted by Gasteiger charge is -2.34. The molecule has 2 amide bonds. The molecule has 1 aliphatic heterocycles. The number of carbonyl (C=O) groups is 2. The average Bonchev–Trinajstić information content (AvgIpc) is 2.59. The van der Waals surface area contributed by atoms with Crippen LogP contribution in [0.2, 0.25) is 0 Å². The molecule has 0 aromatic heterocycles. The first-order chi connectivity index (χ1) is 12.2. The lowest BCUT2D eigenvalue weighted by atomic mass is 10.2. The summed E-state index contributed by atoms with van der Waals surface area (Å²) in [6, 6.07) is 5.48. The van der Waals surface area contributed by atoms with E-state index < -0.39 is 22.0 Å². The van der Waals surface area contributed by atoms with Gasteiger partial charge in [-0.25, -0.2) is 18.6 Å². The molecular formula is C16H23N3O6S. The van der Waals surface area contributed by atoms with Crippen molar-refractivity contribution in [2.24, 2.45) is 0 Å². The van der Waals surface area contributed by atoms with Crippen LogP contribution in [0.4, 0.5) is 4.79 Å². The van der Waals surface area contributed by atoms with Crippen molar-refractivity contribution >= 4 is 22.0 Å². The molecule has 0 spiro atoms. The molecule has 0 radical (unpaired) electrons. The number of hydrogen-bond donors (Lipinski definition) is 2. The van der Waals surface area contributed by atoms with E-state index in [0.29, 0.717) is 0 Å². The first-order valence-corrected chi connectivity index (χ1v) is 9.66. The molecule has 26 heavy (non-hydrogen) atoms. The van der Waals surface area contributed by atoms with E-state index in [2.05, 4.69) is 15.6 Å². The van der Waals surface area contributed by atoms with Crippen molar-refractivity contribution in [3.8, 4) is 0 Å². The molecule has 2 rings (SSSR count). The van der Waals surface area contributed by atoms with Crippen LogP contribution in [0, 0.1) is 0 Å². The Morgan fingerprint density at radius 2 is 1.73 bits per heavy atom. The summed E-state index contributed by atoms with van der Waals surface area (Å²) >= 11 is 0. The summed E-state index contributed by atoms with van der Waals surface area (Å²) in [5, 5.41) is 0. The minimum Gasteiger partial charge on any atom is -0.449 e. The van der Waals surface area contributed by atoms with Gasteiger partial charge in [0.1, 0.15) is 0 Å². The summed E-state index contributed by atoms with van der Waals surface area (Å²) in [6.45, 7) is 6.00. The molecule has 10 heteroatoms. The first-order valence-electron chi connectivity index (χ1n) is 8.22. The van der Waals surface area contributed by atoms with Crippen LogP contribution >= 0.6 is 0 Å². The second-order valence-corrected chi connectivity index (χ2v) is 7.84. The van der Waals surface area contributed by atoms with Gasteiger partial charge < -0.3 is 9.47 Å². The Bertz CT molecular complexity index is 740. The molecule has 1 fully saturated rings. The summed E-state index contributed by atoms with van der Waals surface area (Å²) in [5.74, 6) is -0.587. The van der Waals surface area contributed by atoms with E-state index in [1.165, 1.54) is 28.6 Å². The second kappa shape index (κ2) is 8.47. The fourth-order valence-corrected chi connectivity index (χ4v) is 4.19. The van der Waals surface area contributed by atoms with Gasteiger partial charge in [0, 0.05) is 18.7 Å². The number of morpholine rings is 1. The largest absolute Gasteiger partial charge is 0.449 e. The molecule has 9 nitrogen and oxygen atoms in total. The summed E-state index contributed by atoms with van der Waals surface area (Å²) in [4.78, 5) is 23.2. The average molecular weight is 385 g/mol. The molecule has 1 aromatic rings. The number of nitrogens with one attached hydrogen (secondary N) is 2. The molecule has 2 N–H and O–H groups in total. The molecule has 2 atom stereocenters. The van der Waals surface area contributed by atoms with Crippen LogP contribution in [0.1, 0.15) is 31.1 Å². The lowest BCUT2D eigenvalue weighted by Crippen LogP contribution is -2.48. The number of nitrogens with zero attached hydrogens (tertiary/aromatic N) is 1. The fourth-order valence-electron chi connectivity index (χ4n) is 2.60. The van der Waals surface area contributed by atoms with Gasteiger partial charge in [0.25, 0.3) is 5.91 Å². The van der Waals surface area contributed by atoms with E-state index in [1.807, 2.05) is 13.8 Å². The van der Waals surface area contributed by atoms with Crippen molar-refractivity contribution in [2.75, 3.05) is 19.7 Å². The smallest absolute Gasteiger partial charge is 0.426 e. The number of amides is 2. The van der Waals surface area contributed by atoms with E-state index in [0.717, 1.165) is 0 Å². The Labute approximate surface area is 152 Å². The third-order valence-electron chi connectivity index (χ3n) is 3.69. The summed E-state index contributed by atoms with van der Waals surface area (Å²) < 4.78 is 37.0. The maximum Gasteiger partial charge on any atom is 0.426 e. The highest BCUT2D eigenvalue weighted by molar-refractivity contribution is 7.89. The van der Waals surface area contributed by atoms with Gasteiger partial charge in [0.05, 0.1) is 23.7 Å². The molecular weight excluding hydrogens is 362 g/mol. The van der Waals surface area contributed by atoms with Crippen LogP contribution in [0.15, 0.2) is 29.2 Å². The molecule has 0 aliphatic carbocycles. The molecule has 144 valence electrons. The van der Waals surface area contributed by atoms with Crippen molar-refractivity contribution in [1.82, 2.24) is 15.2 Å². The number of hydrazine groups is 1. The van der Waals surface area contributed by atoms with Crippen LogP contribution in [0.25, 0.3) is 0 Å². The van der Waals surface area contributed by atoms with Gasteiger partial charge in [-0.3, -0.25) is 10.2 Å². The highest BCUT2D eigenvalue weighted by Gasteiger charge is 2.32. The second-order valence-electron chi connectivity index (χ2n) is 5.90. The molecule has 1 aromatic carbocycles. The van der Waals surface area contributed by atoms with Gasteiger partial charge in [-0.05, 0) is 45.0 Å². The number of benzene rings is 1. The van der Waals surface area contributed by atoms with Crippen LogP contribution in [-0.2, 0) is 19.5 Å². The zero-order valence-corrected chi connectivity index (χ0v) is 15.7. The maximum absolute atomic E-state index is 12.7. The highest BCUT2D eigenvalue weighted by atomic mass is 32.2. The van der Waals surface area contributed by atoms with Gasteiger partial charge in [0.15, 0.2) is 0 Å². The molecule has 1 saturated heterocycles. The van der Waals surface area contributed by atoms with Gasteiger partial charge in [-0.1, -0.05) is 0 Å². The predicted octanol–water partition coefficient (Wildman–Crippen LogP) is 0.875. The lowest BCUT2D eigenvalue weighted by molar-refractivity contribution is -0.0440. The van der Waals surface area contributed by atoms with E-state index in [9.17, 15) is 18.0 Å². The molecule has 0 bridgehead atoms. The fraction of sp³-hybridized carbons (Fsp3) is 0.500. The van der Waals surface area contributed by atoms with Gasteiger partial charge in [-0.2, -0.15) is 4.31 Å².